The summed E-state index contributed by atoms with van der Waals surface area (Å²) in [6.07, 6.45) is 0.619. The lowest BCUT2D eigenvalue weighted by atomic mass is 10.1. The molecule has 4 rings (SSSR count). The number of nitrogens with one attached hydrogen (secondary N) is 1. The smallest absolute Gasteiger partial charge is 0.412 e. The molecule has 0 unspecified atom stereocenters. The third-order valence-electron chi connectivity index (χ3n) is 5.09. The van der Waals surface area contributed by atoms with E-state index in [1.807, 2.05) is 6.07 Å². The Balaban J connectivity index is 0.00000256. The summed E-state index contributed by atoms with van der Waals surface area (Å²) in [4.78, 5) is 19.2. The molecule has 2 heterocycles. The van der Waals surface area contributed by atoms with Gasteiger partial charge in [-0.1, -0.05) is 31.9 Å². The Morgan fingerprint density at radius 3 is 2.27 bits per heavy atom. The van der Waals surface area contributed by atoms with E-state index < -0.39 is 5.76 Å². The molecule has 0 aliphatic carbocycles. The Morgan fingerprint density at radius 2 is 1.63 bits per heavy atom. The van der Waals surface area contributed by atoms with E-state index in [-0.39, 0.29) is 18.2 Å². The van der Waals surface area contributed by atoms with E-state index in [0.717, 1.165) is 47.2 Å². The number of aromatic nitrogens is 1. The van der Waals surface area contributed by atoms with Crippen molar-refractivity contribution in [3.63, 3.8) is 0 Å². The van der Waals surface area contributed by atoms with Gasteiger partial charge in [-0.25, -0.2) is 9.18 Å². The van der Waals surface area contributed by atoms with Gasteiger partial charge in [0.15, 0.2) is 0 Å². The van der Waals surface area contributed by atoms with Crippen molar-refractivity contribution in [2.24, 2.45) is 0 Å². The molecular formula is C21H21Br2ClFN3O2. The number of benzene rings is 2. The first-order valence-electron chi connectivity index (χ1n) is 9.39. The summed E-state index contributed by atoms with van der Waals surface area (Å²) in [5.74, 6) is -0.180. The molecule has 0 radical (unpaired) electrons. The Morgan fingerprint density at radius 1 is 1.00 bits per heavy atom. The van der Waals surface area contributed by atoms with E-state index in [2.05, 4.69) is 58.8 Å². The monoisotopic (exact) mass is 559 g/mol. The number of aromatic amines is 1. The topological polar surface area (TPSA) is 52.5 Å². The molecule has 5 nitrogen and oxygen atoms in total. The van der Waals surface area contributed by atoms with Gasteiger partial charge in [-0.3, -0.25) is 9.88 Å². The van der Waals surface area contributed by atoms with Crippen molar-refractivity contribution in [1.29, 1.82) is 0 Å². The lowest BCUT2D eigenvalue weighted by Gasteiger charge is -2.36. The van der Waals surface area contributed by atoms with Gasteiger partial charge in [0.1, 0.15) is 11.6 Å². The zero-order chi connectivity index (χ0) is 20.4. The van der Waals surface area contributed by atoms with Crippen LogP contribution >= 0.6 is 44.3 Å². The Bertz CT molecular complexity index is 1030. The van der Waals surface area contributed by atoms with Crippen molar-refractivity contribution in [3.05, 3.63) is 73.5 Å². The molecule has 1 aromatic heterocycles. The molecule has 1 fully saturated rings. The van der Waals surface area contributed by atoms with Crippen LogP contribution in [0.3, 0.4) is 0 Å². The number of hydrogen-bond acceptors (Lipinski definition) is 4. The molecule has 1 aliphatic rings. The minimum Gasteiger partial charge on any atom is -0.412 e. The molecule has 3 aromatic rings. The number of anilines is 1. The van der Waals surface area contributed by atoms with Gasteiger partial charge in [0, 0.05) is 59.3 Å². The lowest BCUT2D eigenvalue weighted by molar-refractivity contribution is 0.254. The fourth-order valence-electron chi connectivity index (χ4n) is 3.60. The Hall–Kier alpha value is -1.61. The first-order chi connectivity index (χ1) is 14.0. The molecule has 1 saturated heterocycles. The van der Waals surface area contributed by atoms with Crippen molar-refractivity contribution < 1.29 is 8.81 Å². The van der Waals surface area contributed by atoms with Crippen molar-refractivity contribution in [3.8, 4) is 11.3 Å². The zero-order valence-corrected chi connectivity index (χ0v) is 20.0. The average molecular weight is 562 g/mol. The molecule has 0 atom stereocenters. The standard InChI is InChI=1S/C21H20Br2FN3O2.ClH/c22-15-11-16(23)13-18(12-15)27-9-7-26(8-10-27)6-5-19-20(25-21(28)29-19)14-1-3-17(24)4-2-14;/h1-4,11-13H,5-10H2,(H,25,28);1H. The summed E-state index contributed by atoms with van der Waals surface area (Å²) >= 11 is 7.09. The first kappa shape index (κ1) is 23.1. The number of halogens is 4. The Kier molecular flexibility index (Phi) is 7.79. The predicted octanol–water partition coefficient (Wildman–Crippen LogP) is 5.09. The number of oxazole rings is 1. The highest BCUT2D eigenvalue weighted by Crippen LogP contribution is 2.27. The second kappa shape index (κ2) is 10.1. The summed E-state index contributed by atoms with van der Waals surface area (Å²) in [5, 5.41) is 0. The number of rotatable bonds is 5. The van der Waals surface area contributed by atoms with Crippen LogP contribution in [0.1, 0.15) is 5.76 Å². The van der Waals surface area contributed by atoms with E-state index in [9.17, 15) is 9.18 Å². The second-order valence-corrected chi connectivity index (χ2v) is 8.86. The van der Waals surface area contributed by atoms with Gasteiger partial charge in [0.2, 0.25) is 0 Å². The maximum absolute atomic E-state index is 13.2. The van der Waals surface area contributed by atoms with Gasteiger partial charge >= 0.3 is 5.76 Å². The molecule has 0 amide bonds. The minimum absolute atomic E-state index is 0. The Labute approximate surface area is 196 Å². The van der Waals surface area contributed by atoms with Crippen molar-refractivity contribution in [1.82, 2.24) is 9.88 Å². The zero-order valence-electron chi connectivity index (χ0n) is 16.0. The third-order valence-corrected chi connectivity index (χ3v) is 6.01. The molecular weight excluding hydrogens is 541 g/mol. The molecule has 1 aliphatic heterocycles. The van der Waals surface area contributed by atoms with Gasteiger partial charge in [0.25, 0.3) is 0 Å². The summed E-state index contributed by atoms with van der Waals surface area (Å²) in [7, 11) is 0. The van der Waals surface area contributed by atoms with Gasteiger partial charge in [0.05, 0.1) is 5.69 Å². The summed E-state index contributed by atoms with van der Waals surface area (Å²) < 4.78 is 20.7. The van der Waals surface area contributed by atoms with Crippen LogP contribution in [0.4, 0.5) is 10.1 Å². The first-order valence-corrected chi connectivity index (χ1v) is 11.0. The van der Waals surface area contributed by atoms with Gasteiger partial charge in [-0.05, 0) is 42.5 Å². The second-order valence-electron chi connectivity index (χ2n) is 7.03. The number of piperazine rings is 1. The highest BCUT2D eigenvalue weighted by atomic mass is 79.9. The van der Waals surface area contributed by atoms with Crippen molar-refractivity contribution in [2.75, 3.05) is 37.6 Å². The van der Waals surface area contributed by atoms with Crippen LogP contribution in [-0.4, -0.2) is 42.6 Å². The van der Waals surface area contributed by atoms with Crippen LogP contribution in [0.5, 0.6) is 0 Å². The SMILES string of the molecule is Cl.O=c1[nH]c(-c2ccc(F)cc2)c(CCN2CCN(c3cc(Br)cc(Br)c3)CC2)o1. The maximum Gasteiger partial charge on any atom is 0.416 e. The number of nitrogens with zero attached hydrogens (tertiary/aromatic N) is 2. The van der Waals surface area contributed by atoms with Crippen LogP contribution in [0, 0.1) is 5.82 Å². The van der Waals surface area contributed by atoms with Crippen LogP contribution in [0.15, 0.2) is 60.6 Å². The van der Waals surface area contributed by atoms with E-state index >= 15 is 0 Å². The van der Waals surface area contributed by atoms with Gasteiger partial charge in [-0.2, -0.15) is 0 Å². The normalized spacial score (nSPS) is 14.6. The van der Waals surface area contributed by atoms with Crippen LogP contribution in [0.2, 0.25) is 0 Å². The summed E-state index contributed by atoms with van der Waals surface area (Å²) in [6, 6.07) is 12.3. The molecule has 0 bridgehead atoms. The molecule has 9 heteroatoms. The minimum atomic E-state index is -0.482. The van der Waals surface area contributed by atoms with E-state index in [4.69, 9.17) is 4.42 Å². The summed E-state index contributed by atoms with van der Waals surface area (Å²) in [6.45, 7) is 4.54. The van der Waals surface area contributed by atoms with E-state index in [1.54, 1.807) is 12.1 Å². The molecule has 30 heavy (non-hydrogen) atoms. The highest BCUT2D eigenvalue weighted by Gasteiger charge is 2.19. The van der Waals surface area contributed by atoms with Crippen LogP contribution in [0.25, 0.3) is 11.3 Å². The molecule has 0 saturated carbocycles. The van der Waals surface area contributed by atoms with Crippen LogP contribution < -0.4 is 10.7 Å². The fraction of sp³-hybridized carbons (Fsp3) is 0.286. The van der Waals surface area contributed by atoms with Crippen molar-refractivity contribution >= 4 is 50.0 Å². The van der Waals surface area contributed by atoms with E-state index in [0.29, 0.717) is 17.9 Å². The average Bonchev–Trinajstić information content (AvgIpc) is 3.07. The largest absolute Gasteiger partial charge is 0.416 e. The van der Waals surface area contributed by atoms with Gasteiger partial charge in [-0.15, -0.1) is 12.4 Å². The fourth-order valence-corrected chi connectivity index (χ4v) is 4.87. The predicted molar refractivity (Wildman–Crippen MR) is 126 cm³/mol. The van der Waals surface area contributed by atoms with Crippen molar-refractivity contribution in [2.45, 2.75) is 6.42 Å². The third kappa shape index (κ3) is 5.55. The van der Waals surface area contributed by atoms with Gasteiger partial charge < -0.3 is 9.32 Å². The number of hydrogen-bond donors (Lipinski definition) is 1. The highest BCUT2D eigenvalue weighted by molar-refractivity contribution is 9.11. The van der Waals surface area contributed by atoms with E-state index in [1.165, 1.54) is 17.8 Å². The molecule has 2 aromatic carbocycles. The summed E-state index contributed by atoms with van der Waals surface area (Å²) in [5.41, 5.74) is 2.58. The molecule has 1 N–H and O–H groups in total. The van der Waals surface area contributed by atoms with Crippen LogP contribution in [-0.2, 0) is 6.42 Å². The lowest BCUT2D eigenvalue weighted by Crippen LogP contribution is -2.47. The molecule has 160 valence electrons. The quantitative estimate of drug-likeness (QED) is 0.472. The maximum atomic E-state index is 13.2. The number of H-pyrrole nitrogens is 1. The molecule has 0 spiro atoms.